The SMILES string of the molecule is COc1ccc(/C=C2/C[C@@H](C(C)(C)C)Cc3c2nc2ccccc2c3C(=O)OCC(=O)Nc2cc(C)on2)cc1. The van der Waals surface area contributed by atoms with Gasteiger partial charge in [0.15, 0.2) is 12.4 Å². The predicted octanol–water partition coefficient (Wildman–Crippen LogP) is 6.48. The standard InChI is InChI=1S/C32H33N3O5/c1-19-14-27(35-40-19)34-28(36)18-39-31(37)29-24-8-6-7-9-26(24)33-30-21(15-20-10-12-23(38-5)13-11-20)16-22(17-25(29)30)32(2,3)4/h6-15,22H,16-18H2,1-5H3,(H,34,35,36)/b21-15-/t22-/m1/s1. The van der Waals surface area contributed by atoms with Crippen LogP contribution in [0.4, 0.5) is 5.82 Å². The van der Waals surface area contributed by atoms with Crippen LogP contribution in [-0.4, -0.2) is 35.7 Å². The summed E-state index contributed by atoms with van der Waals surface area (Å²) >= 11 is 0. The first-order chi connectivity index (χ1) is 19.1. The summed E-state index contributed by atoms with van der Waals surface area (Å²) in [6.45, 7) is 7.93. The molecule has 2 aromatic heterocycles. The van der Waals surface area contributed by atoms with Crippen molar-refractivity contribution in [2.45, 2.75) is 40.5 Å². The molecule has 0 bridgehead atoms. The molecule has 2 aromatic carbocycles. The van der Waals surface area contributed by atoms with Gasteiger partial charge in [0.1, 0.15) is 11.5 Å². The fourth-order valence-electron chi connectivity index (χ4n) is 5.08. The highest BCUT2D eigenvalue weighted by Crippen LogP contribution is 2.45. The van der Waals surface area contributed by atoms with Gasteiger partial charge in [0, 0.05) is 11.5 Å². The van der Waals surface area contributed by atoms with Crippen LogP contribution in [-0.2, 0) is 16.0 Å². The van der Waals surface area contributed by atoms with Gasteiger partial charge in [-0.25, -0.2) is 9.78 Å². The fraction of sp³-hybridized carbons (Fsp3) is 0.312. The Labute approximate surface area is 233 Å². The average molecular weight is 540 g/mol. The molecule has 1 aliphatic carbocycles. The summed E-state index contributed by atoms with van der Waals surface area (Å²) in [5.41, 5.74) is 4.87. The minimum Gasteiger partial charge on any atom is -0.497 e. The number of nitrogens with one attached hydrogen (secondary N) is 1. The molecule has 1 atom stereocenters. The quantitative estimate of drug-likeness (QED) is 0.280. The Morgan fingerprint density at radius 1 is 1.10 bits per heavy atom. The van der Waals surface area contributed by atoms with Crippen LogP contribution in [0.5, 0.6) is 5.75 Å². The Kier molecular flexibility index (Phi) is 7.43. The van der Waals surface area contributed by atoms with Gasteiger partial charge in [-0.15, -0.1) is 0 Å². The van der Waals surface area contributed by atoms with E-state index in [9.17, 15) is 9.59 Å². The van der Waals surface area contributed by atoms with Crippen LogP contribution in [0, 0.1) is 18.3 Å². The summed E-state index contributed by atoms with van der Waals surface area (Å²) < 4.78 is 15.9. The van der Waals surface area contributed by atoms with Crippen LogP contribution in [0.3, 0.4) is 0 Å². The molecule has 0 unspecified atom stereocenters. The fourth-order valence-corrected chi connectivity index (χ4v) is 5.08. The van der Waals surface area contributed by atoms with Gasteiger partial charge in [0.2, 0.25) is 0 Å². The number of ether oxygens (including phenoxy) is 2. The zero-order valence-electron chi connectivity index (χ0n) is 23.4. The molecule has 0 saturated carbocycles. The zero-order chi connectivity index (χ0) is 28.4. The highest BCUT2D eigenvalue weighted by atomic mass is 16.5. The molecule has 8 heteroatoms. The third-order valence-corrected chi connectivity index (χ3v) is 7.33. The molecule has 1 amide bonds. The third-order valence-electron chi connectivity index (χ3n) is 7.33. The summed E-state index contributed by atoms with van der Waals surface area (Å²) in [4.78, 5) is 31.2. The van der Waals surface area contributed by atoms with E-state index in [1.165, 1.54) is 0 Å². The topological polar surface area (TPSA) is 104 Å². The number of allylic oxidation sites excluding steroid dienone is 1. The number of hydrogen-bond donors (Lipinski definition) is 1. The first-order valence-corrected chi connectivity index (χ1v) is 13.3. The van der Waals surface area contributed by atoms with Gasteiger partial charge in [-0.3, -0.25) is 4.79 Å². The molecule has 0 fully saturated rings. The van der Waals surface area contributed by atoms with Crippen molar-refractivity contribution in [2.24, 2.45) is 11.3 Å². The molecular weight excluding hydrogens is 506 g/mol. The number of pyridine rings is 1. The first kappa shape index (κ1) is 27.1. The molecule has 40 heavy (non-hydrogen) atoms. The number of benzene rings is 2. The van der Waals surface area contributed by atoms with E-state index in [2.05, 4.69) is 37.3 Å². The van der Waals surface area contributed by atoms with E-state index >= 15 is 0 Å². The molecule has 5 rings (SSSR count). The Balaban J connectivity index is 1.55. The van der Waals surface area contributed by atoms with Gasteiger partial charge >= 0.3 is 5.97 Å². The van der Waals surface area contributed by atoms with Crippen LogP contribution in [0.2, 0.25) is 0 Å². The molecule has 0 radical (unpaired) electrons. The first-order valence-electron chi connectivity index (χ1n) is 13.3. The number of fused-ring (bicyclic) bond motifs is 2. The maximum atomic E-state index is 13.7. The molecule has 8 nitrogen and oxygen atoms in total. The summed E-state index contributed by atoms with van der Waals surface area (Å²) in [7, 11) is 1.65. The largest absolute Gasteiger partial charge is 0.497 e. The number of anilines is 1. The number of amides is 1. The lowest BCUT2D eigenvalue weighted by Crippen LogP contribution is -2.29. The number of carbonyl (C=O) groups is 2. The molecule has 0 saturated heterocycles. The van der Waals surface area contributed by atoms with Crippen molar-refractivity contribution in [3.63, 3.8) is 0 Å². The van der Waals surface area contributed by atoms with Gasteiger partial charge in [0.25, 0.3) is 5.91 Å². The van der Waals surface area contributed by atoms with E-state index in [0.717, 1.165) is 34.6 Å². The maximum absolute atomic E-state index is 13.7. The lowest BCUT2D eigenvalue weighted by Gasteiger charge is -2.36. The van der Waals surface area contributed by atoms with Gasteiger partial charge in [-0.2, -0.15) is 0 Å². The second kappa shape index (κ2) is 11.0. The van der Waals surface area contributed by atoms with Crippen molar-refractivity contribution < 1.29 is 23.6 Å². The monoisotopic (exact) mass is 539 g/mol. The number of nitrogens with zero attached hydrogens (tertiary/aromatic N) is 2. The number of aryl methyl sites for hydroxylation is 1. The zero-order valence-corrected chi connectivity index (χ0v) is 23.4. The van der Waals surface area contributed by atoms with Crippen LogP contribution in [0.15, 0.2) is 59.1 Å². The van der Waals surface area contributed by atoms with Gasteiger partial charge in [-0.05, 0) is 72.1 Å². The van der Waals surface area contributed by atoms with Crippen molar-refractivity contribution >= 4 is 40.2 Å². The Morgan fingerprint density at radius 3 is 2.52 bits per heavy atom. The predicted molar refractivity (Wildman–Crippen MR) is 154 cm³/mol. The van der Waals surface area contributed by atoms with Crippen molar-refractivity contribution in [1.82, 2.24) is 10.1 Å². The van der Waals surface area contributed by atoms with Gasteiger partial charge < -0.3 is 19.3 Å². The summed E-state index contributed by atoms with van der Waals surface area (Å²) in [6, 6.07) is 17.0. The van der Waals surface area contributed by atoms with Crippen molar-refractivity contribution in [1.29, 1.82) is 0 Å². The van der Waals surface area contributed by atoms with Crippen LogP contribution < -0.4 is 10.1 Å². The number of para-hydroxylation sites is 1. The van der Waals surface area contributed by atoms with Crippen molar-refractivity contribution in [2.75, 3.05) is 19.0 Å². The van der Waals surface area contributed by atoms with E-state index in [4.69, 9.17) is 19.0 Å². The molecule has 0 spiro atoms. The Morgan fingerprint density at radius 2 is 1.85 bits per heavy atom. The number of aromatic nitrogens is 2. The smallest absolute Gasteiger partial charge is 0.339 e. The third kappa shape index (κ3) is 5.76. The van der Waals surface area contributed by atoms with Gasteiger partial charge in [-0.1, -0.05) is 56.3 Å². The molecule has 1 N–H and O–H groups in total. The molecule has 0 aliphatic heterocycles. The Bertz CT molecular complexity index is 1600. The molecule has 206 valence electrons. The van der Waals surface area contributed by atoms with Crippen LogP contribution >= 0.6 is 0 Å². The average Bonchev–Trinajstić information content (AvgIpc) is 3.34. The number of methoxy groups -OCH3 is 1. The Hall–Kier alpha value is -4.46. The van der Waals surface area contributed by atoms with E-state index < -0.39 is 18.5 Å². The highest BCUT2D eigenvalue weighted by molar-refractivity contribution is 6.07. The normalized spacial score (nSPS) is 16.0. The number of hydrogen-bond acceptors (Lipinski definition) is 7. The second-order valence-electron chi connectivity index (χ2n) is 11.2. The molecular formula is C32H33N3O5. The van der Waals surface area contributed by atoms with E-state index in [1.807, 2.05) is 48.5 Å². The van der Waals surface area contributed by atoms with Crippen molar-refractivity contribution in [3.8, 4) is 5.75 Å². The summed E-state index contributed by atoms with van der Waals surface area (Å²) in [5.74, 6) is 0.829. The lowest BCUT2D eigenvalue weighted by atomic mass is 9.69. The summed E-state index contributed by atoms with van der Waals surface area (Å²) in [5, 5.41) is 7.05. The van der Waals surface area contributed by atoms with Crippen molar-refractivity contribution in [3.05, 3.63) is 82.7 Å². The maximum Gasteiger partial charge on any atom is 0.339 e. The molecule has 1 aliphatic rings. The lowest BCUT2D eigenvalue weighted by molar-refractivity contribution is -0.119. The molecule has 4 aromatic rings. The van der Waals surface area contributed by atoms with Gasteiger partial charge in [0.05, 0.1) is 23.9 Å². The number of esters is 1. The van der Waals surface area contributed by atoms with E-state index in [1.54, 1.807) is 20.1 Å². The van der Waals surface area contributed by atoms with E-state index in [0.29, 0.717) is 28.6 Å². The number of rotatable bonds is 6. The van der Waals surface area contributed by atoms with Crippen LogP contribution in [0.1, 0.15) is 60.1 Å². The molecule has 2 heterocycles. The highest BCUT2D eigenvalue weighted by Gasteiger charge is 2.35. The second-order valence-corrected chi connectivity index (χ2v) is 11.2. The summed E-state index contributed by atoms with van der Waals surface area (Å²) in [6.07, 6.45) is 3.63. The minimum atomic E-state index is -0.556. The van der Waals surface area contributed by atoms with E-state index in [-0.39, 0.29) is 17.2 Å². The minimum absolute atomic E-state index is 0.0148. The number of carbonyl (C=O) groups excluding carboxylic acids is 2. The van der Waals surface area contributed by atoms with Crippen LogP contribution in [0.25, 0.3) is 22.6 Å².